The van der Waals surface area contributed by atoms with E-state index in [0.29, 0.717) is 25.9 Å². The first-order valence-electron chi connectivity index (χ1n) is 10.9. The molecule has 0 aliphatic carbocycles. The van der Waals surface area contributed by atoms with Crippen LogP contribution in [0.1, 0.15) is 24.8 Å². The van der Waals surface area contributed by atoms with Crippen LogP contribution in [0.5, 0.6) is 0 Å². The van der Waals surface area contributed by atoms with E-state index in [1.807, 2.05) is 30.3 Å². The molecule has 2 aliphatic rings. The molecule has 11 heteroatoms. The van der Waals surface area contributed by atoms with Crippen molar-refractivity contribution in [3.8, 4) is 0 Å². The third kappa shape index (κ3) is 7.01. The van der Waals surface area contributed by atoms with Gasteiger partial charge in [-0.1, -0.05) is 30.3 Å². The number of aliphatic carboxylic acids is 1. The Morgan fingerprint density at radius 1 is 1.15 bits per heavy atom. The number of benzene rings is 1. The molecular formula is C22H29N5O6. The van der Waals surface area contributed by atoms with Gasteiger partial charge in [0, 0.05) is 19.3 Å². The molecule has 2 heterocycles. The second-order valence-electron chi connectivity index (χ2n) is 8.24. The van der Waals surface area contributed by atoms with Gasteiger partial charge in [0.15, 0.2) is 0 Å². The van der Waals surface area contributed by atoms with Crippen LogP contribution in [0.25, 0.3) is 0 Å². The molecule has 2 fully saturated rings. The zero-order valence-corrected chi connectivity index (χ0v) is 18.3. The minimum Gasteiger partial charge on any atom is -0.480 e. The molecule has 1 aromatic rings. The molecular weight excluding hydrogens is 430 g/mol. The third-order valence-corrected chi connectivity index (χ3v) is 5.88. The number of carboxylic acid groups (broad SMARTS) is 1. The van der Waals surface area contributed by atoms with Gasteiger partial charge in [0.25, 0.3) is 0 Å². The average Bonchev–Trinajstić information content (AvgIpc) is 2.80. The number of hydrogen-bond donors (Lipinski definition) is 3. The van der Waals surface area contributed by atoms with E-state index in [0.717, 1.165) is 16.9 Å². The van der Waals surface area contributed by atoms with E-state index in [-0.39, 0.29) is 43.5 Å². The van der Waals surface area contributed by atoms with Crippen LogP contribution in [0, 0.1) is 11.3 Å². The average molecular weight is 460 g/mol. The van der Waals surface area contributed by atoms with Crippen LogP contribution < -0.4 is 5.43 Å². The summed E-state index contributed by atoms with van der Waals surface area (Å²) >= 11 is 0. The summed E-state index contributed by atoms with van der Waals surface area (Å²) in [5, 5.41) is 18.3. The van der Waals surface area contributed by atoms with Crippen LogP contribution in [0.4, 0.5) is 4.79 Å². The molecule has 3 amide bonds. The van der Waals surface area contributed by atoms with Crippen molar-refractivity contribution >= 4 is 30.1 Å². The maximum Gasteiger partial charge on any atom is 0.422 e. The Balaban J connectivity index is 1.42. The second-order valence-corrected chi connectivity index (χ2v) is 8.24. The lowest BCUT2D eigenvalue weighted by molar-refractivity contribution is -0.154. The van der Waals surface area contributed by atoms with E-state index >= 15 is 0 Å². The van der Waals surface area contributed by atoms with Crippen LogP contribution in [0.2, 0.25) is 0 Å². The number of carboxylic acids is 1. The zero-order valence-electron chi connectivity index (χ0n) is 18.3. The predicted molar refractivity (Wildman–Crippen MR) is 117 cm³/mol. The van der Waals surface area contributed by atoms with Gasteiger partial charge in [-0.25, -0.2) is 9.80 Å². The first-order valence-corrected chi connectivity index (χ1v) is 10.9. The molecule has 1 aromatic carbocycles. The Bertz CT molecular complexity index is 879. The molecule has 0 saturated carbocycles. The van der Waals surface area contributed by atoms with E-state index < -0.39 is 18.6 Å². The van der Waals surface area contributed by atoms with Crippen LogP contribution in [0.3, 0.4) is 0 Å². The van der Waals surface area contributed by atoms with E-state index in [4.69, 9.17) is 15.3 Å². The molecule has 0 bridgehead atoms. The molecule has 2 unspecified atom stereocenters. The monoisotopic (exact) mass is 459 g/mol. The lowest BCUT2D eigenvalue weighted by atomic mass is 9.89. The van der Waals surface area contributed by atoms with Gasteiger partial charge in [-0.3, -0.25) is 19.8 Å². The van der Waals surface area contributed by atoms with Crippen molar-refractivity contribution in [1.82, 2.24) is 20.2 Å². The number of hydrogen-bond acceptors (Lipinski definition) is 7. The summed E-state index contributed by atoms with van der Waals surface area (Å²) in [6, 6.07) is 9.05. The zero-order chi connectivity index (χ0) is 23.8. The molecule has 2 aliphatic heterocycles. The standard InChI is InChI=1S/C22H29N5O6/c23-11-18-10-16(6-8-25-12-20(29)26(13-19(25)28)14-21(30)31)7-9-27(18)24-22(32)33-15-17-4-2-1-3-5-17/h1-5,11,16,18,23H,6-10,12-15H2,(H,24,32)(H,30,31). The van der Waals surface area contributed by atoms with Crippen molar-refractivity contribution in [3.05, 3.63) is 35.9 Å². The molecule has 3 N–H and O–H groups in total. The Hall–Kier alpha value is -3.47. The summed E-state index contributed by atoms with van der Waals surface area (Å²) in [4.78, 5) is 49.9. The lowest BCUT2D eigenvalue weighted by Gasteiger charge is -2.38. The minimum atomic E-state index is -1.15. The van der Waals surface area contributed by atoms with Gasteiger partial charge >= 0.3 is 12.1 Å². The maximum absolute atomic E-state index is 12.3. The van der Waals surface area contributed by atoms with Gasteiger partial charge < -0.3 is 25.1 Å². The fraction of sp³-hybridized carbons (Fsp3) is 0.500. The number of rotatable bonds is 9. The highest BCUT2D eigenvalue weighted by atomic mass is 16.6. The van der Waals surface area contributed by atoms with E-state index in [9.17, 15) is 19.2 Å². The first-order chi connectivity index (χ1) is 15.9. The van der Waals surface area contributed by atoms with Gasteiger partial charge in [-0.15, -0.1) is 0 Å². The lowest BCUT2D eigenvalue weighted by Crippen LogP contribution is -2.55. The number of carbonyl (C=O) groups is 4. The third-order valence-electron chi connectivity index (χ3n) is 5.88. The molecule has 3 rings (SSSR count). The normalized spacial score (nSPS) is 21.6. The van der Waals surface area contributed by atoms with Crippen LogP contribution >= 0.6 is 0 Å². The molecule has 2 saturated heterocycles. The number of hydrazine groups is 1. The van der Waals surface area contributed by atoms with Crippen molar-refractivity contribution < 1.29 is 29.0 Å². The van der Waals surface area contributed by atoms with E-state index in [1.54, 1.807) is 5.01 Å². The highest BCUT2D eigenvalue weighted by Crippen LogP contribution is 2.24. The second kappa shape index (κ2) is 11.4. The quantitative estimate of drug-likeness (QED) is 0.461. The summed E-state index contributed by atoms with van der Waals surface area (Å²) in [7, 11) is 0. The van der Waals surface area contributed by atoms with Crippen molar-refractivity contribution in [2.24, 2.45) is 5.92 Å². The molecule has 0 spiro atoms. The van der Waals surface area contributed by atoms with Gasteiger partial charge in [0.1, 0.15) is 19.7 Å². The number of amides is 3. The van der Waals surface area contributed by atoms with Crippen molar-refractivity contribution in [1.29, 1.82) is 5.41 Å². The summed E-state index contributed by atoms with van der Waals surface area (Å²) in [5.74, 6) is -1.57. The fourth-order valence-corrected chi connectivity index (χ4v) is 4.06. The molecule has 0 radical (unpaired) electrons. The van der Waals surface area contributed by atoms with Crippen molar-refractivity contribution in [2.45, 2.75) is 31.9 Å². The van der Waals surface area contributed by atoms with Gasteiger partial charge in [0.2, 0.25) is 11.8 Å². The maximum atomic E-state index is 12.3. The molecule has 178 valence electrons. The number of carbonyl (C=O) groups excluding carboxylic acids is 3. The Kier molecular flexibility index (Phi) is 8.36. The first kappa shape index (κ1) is 24.2. The van der Waals surface area contributed by atoms with Crippen molar-refractivity contribution in [2.75, 3.05) is 32.7 Å². The van der Waals surface area contributed by atoms with Gasteiger partial charge in [0.05, 0.1) is 12.6 Å². The minimum absolute atomic E-state index is 0.117. The Morgan fingerprint density at radius 2 is 1.85 bits per heavy atom. The topological polar surface area (TPSA) is 143 Å². The summed E-state index contributed by atoms with van der Waals surface area (Å²) < 4.78 is 5.25. The summed E-state index contributed by atoms with van der Waals surface area (Å²) in [5.41, 5.74) is 3.59. The number of nitrogens with one attached hydrogen (secondary N) is 2. The SMILES string of the molecule is N=CC1CC(CCN2CC(=O)N(CC(=O)O)CC2=O)CCN1NC(=O)OCc1ccccc1. The number of nitrogens with zero attached hydrogens (tertiary/aromatic N) is 3. The largest absolute Gasteiger partial charge is 0.480 e. The Morgan fingerprint density at radius 3 is 2.55 bits per heavy atom. The number of piperidine rings is 1. The highest BCUT2D eigenvalue weighted by molar-refractivity contribution is 5.94. The molecule has 0 aromatic heterocycles. The molecule has 2 atom stereocenters. The molecule has 11 nitrogen and oxygen atoms in total. The highest BCUT2D eigenvalue weighted by Gasteiger charge is 2.33. The van der Waals surface area contributed by atoms with Crippen molar-refractivity contribution in [3.63, 3.8) is 0 Å². The number of ether oxygens (including phenoxy) is 1. The van der Waals surface area contributed by atoms with Crippen LogP contribution in [-0.2, 0) is 25.7 Å². The molecule has 33 heavy (non-hydrogen) atoms. The summed E-state index contributed by atoms with van der Waals surface area (Å²) in [6.07, 6.45) is 2.75. The van der Waals surface area contributed by atoms with E-state index in [1.165, 1.54) is 11.1 Å². The van der Waals surface area contributed by atoms with Crippen LogP contribution in [0.15, 0.2) is 30.3 Å². The van der Waals surface area contributed by atoms with E-state index in [2.05, 4.69) is 5.43 Å². The van der Waals surface area contributed by atoms with Gasteiger partial charge in [-0.05, 0) is 30.7 Å². The van der Waals surface area contributed by atoms with Gasteiger partial charge in [-0.2, -0.15) is 0 Å². The number of piperazine rings is 1. The van der Waals surface area contributed by atoms with Crippen LogP contribution in [-0.4, -0.2) is 88.8 Å². The fourth-order valence-electron chi connectivity index (χ4n) is 4.06. The smallest absolute Gasteiger partial charge is 0.422 e. The Labute approximate surface area is 191 Å². The summed E-state index contributed by atoms with van der Waals surface area (Å²) in [6.45, 7) is 0.275. The predicted octanol–water partition coefficient (Wildman–Crippen LogP) is 0.703.